The second-order valence-electron chi connectivity index (χ2n) is 2.67. The lowest BCUT2D eigenvalue weighted by Crippen LogP contribution is -2.30. The molecule has 0 amide bonds. The lowest BCUT2D eigenvalue weighted by molar-refractivity contribution is -0.130. The molecule has 0 spiro atoms. The Kier molecular flexibility index (Phi) is 2.85. The van der Waals surface area contributed by atoms with Gasteiger partial charge in [0, 0.05) is 19.0 Å². The highest BCUT2D eigenvalue weighted by atomic mass is 35.5. The van der Waals surface area contributed by atoms with Crippen molar-refractivity contribution in [1.29, 1.82) is 0 Å². The largest absolute Gasteiger partial charge is 0.394 e. The highest BCUT2D eigenvalue weighted by Crippen LogP contribution is 2.28. The summed E-state index contributed by atoms with van der Waals surface area (Å²) in [6, 6.07) is 0. The number of hydrogen-bond acceptors (Lipinski definition) is 2. The van der Waals surface area contributed by atoms with E-state index in [0.717, 1.165) is 0 Å². The summed E-state index contributed by atoms with van der Waals surface area (Å²) in [4.78, 5) is 5.00. The second kappa shape index (κ2) is 3.57. The van der Waals surface area contributed by atoms with E-state index in [-0.39, 0.29) is 5.70 Å². The van der Waals surface area contributed by atoms with E-state index in [2.05, 4.69) is 4.99 Å². The van der Waals surface area contributed by atoms with Crippen LogP contribution in [0, 0.1) is 0 Å². The molecule has 0 fully saturated rings. The first-order valence-electron chi connectivity index (χ1n) is 3.56. The number of allylic oxidation sites excluding steroid dienone is 2. The van der Waals surface area contributed by atoms with Crippen LogP contribution >= 0.6 is 11.6 Å². The van der Waals surface area contributed by atoms with Crippen molar-refractivity contribution in [3.63, 3.8) is 0 Å². The smallest absolute Gasteiger partial charge is 0.344 e. The number of alkyl halides is 4. The van der Waals surface area contributed by atoms with Crippen LogP contribution in [0.25, 0.3) is 0 Å². The van der Waals surface area contributed by atoms with Crippen LogP contribution in [0.5, 0.6) is 0 Å². The molecule has 0 N–H and O–H groups in total. The van der Waals surface area contributed by atoms with E-state index in [0.29, 0.717) is 0 Å². The number of nitrogens with zero attached hydrogens (tertiary/aromatic N) is 2. The zero-order valence-electron chi connectivity index (χ0n) is 6.85. The molecule has 2 nitrogen and oxygen atoms in total. The Labute approximate surface area is 78.7 Å². The molecule has 0 bridgehead atoms. The average Bonchev–Trinajstić information content (AvgIpc) is 1.96. The van der Waals surface area contributed by atoms with E-state index in [9.17, 15) is 13.2 Å². The summed E-state index contributed by atoms with van der Waals surface area (Å²) in [6.45, 7) is 0. The topological polar surface area (TPSA) is 15.6 Å². The summed E-state index contributed by atoms with van der Waals surface area (Å²) in [5.41, 5.74) is -0.607. The average molecular weight is 213 g/mol. The van der Waals surface area contributed by atoms with Gasteiger partial charge in [0.1, 0.15) is 0 Å². The number of rotatable bonds is 1. The van der Waals surface area contributed by atoms with Gasteiger partial charge in [0.2, 0.25) is 0 Å². The molecule has 1 aliphatic heterocycles. The predicted molar refractivity (Wildman–Crippen MR) is 44.7 cm³/mol. The minimum atomic E-state index is -4.21. The minimum absolute atomic E-state index is 0.127. The maximum atomic E-state index is 12.0. The van der Waals surface area contributed by atoms with Crippen molar-refractivity contribution >= 4 is 17.8 Å². The molecule has 0 saturated carbocycles. The van der Waals surface area contributed by atoms with Crippen LogP contribution in [0.2, 0.25) is 0 Å². The van der Waals surface area contributed by atoms with Gasteiger partial charge in [0.05, 0.1) is 6.42 Å². The summed E-state index contributed by atoms with van der Waals surface area (Å²) < 4.78 is 36.0. The Morgan fingerprint density at radius 1 is 1.62 bits per heavy atom. The summed E-state index contributed by atoms with van der Waals surface area (Å²) in [5, 5.41) is 0. The van der Waals surface area contributed by atoms with E-state index in [1.165, 1.54) is 24.2 Å². The molecule has 0 aliphatic carbocycles. The van der Waals surface area contributed by atoms with Gasteiger partial charge < -0.3 is 4.90 Å². The minimum Gasteiger partial charge on any atom is -0.344 e. The van der Waals surface area contributed by atoms with E-state index in [1.54, 1.807) is 0 Å². The van der Waals surface area contributed by atoms with E-state index < -0.39 is 18.2 Å². The number of hydrogen-bond donors (Lipinski definition) is 0. The van der Waals surface area contributed by atoms with Gasteiger partial charge in [-0.05, 0) is 6.08 Å². The third kappa shape index (κ3) is 2.91. The highest BCUT2D eigenvalue weighted by Gasteiger charge is 2.31. The van der Waals surface area contributed by atoms with Gasteiger partial charge in [-0.15, -0.1) is 0 Å². The molecule has 1 aliphatic rings. The molecule has 74 valence electrons. The maximum Gasteiger partial charge on any atom is 0.394 e. The van der Waals surface area contributed by atoms with Gasteiger partial charge in [0.15, 0.2) is 5.62 Å². The van der Waals surface area contributed by atoms with Crippen molar-refractivity contribution in [2.75, 3.05) is 7.05 Å². The normalized spacial score (nSPS) is 23.3. The zero-order chi connectivity index (χ0) is 10.1. The zero-order valence-corrected chi connectivity index (χ0v) is 7.60. The summed E-state index contributed by atoms with van der Waals surface area (Å²) in [7, 11) is 1.48. The Hall–Kier alpha value is -0.710. The molecule has 1 heterocycles. The van der Waals surface area contributed by atoms with Gasteiger partial charge in [-0.2, -0.15) is 13.2 Å². The van der Waals surface area contributed by atoms with Crippen LogP contribution in [-0.4, -0.2) is 30.0 Å². The second-order valence-corrected chi connectivity index (χ2v) is 3.06. The highest BCUT2D eigenvalue weighted by molar-refractivity contribution is 6.20. The molecule has 1 atom stereocenters. The summed E-state index contributed by atoms with van der Waals surface area (Å²) >= 11 is 5.61. The first-order valence-corrected chi connectivity index (χ1v) is 4.00. The quantitative estimate of drug-likeness (QED) is 0.481. The van der Waals surface area contributed by atoms with Crippen molar-refractivity contribution in [2.45, 2.75) is 18.2 Å². The van der Waals surface area contributed by atoms with E-state index in [4.69, 9.17) is 11.6 Å². The van der Waals surface area contributed by atoms with E-state index in [1.807, 2.05) is 0 Å². The van der Waals surface area contributed by atoms with Crippen LogP contribution in [0.4, 0.5) is 13.2 Å². The van der Waals surface area contributed by atoms with Crippen LogP contribution in [0.1, 0.15) is 6.42 Å². The number of halogens is 4. The Morgan fingerprint density at radius 3 is 2.77 bits per heavy atom. The van der Waals surface area contributed by atoms with Gasteiger partial charge in [-0.25, -0.2) is 0 Å². The first kappa shape index (κ1) is 10.4. The summed E-state index contributed by atoms with van der Waals surface area (Å²) in [6.07, 6.45) is -2.58. The summed E-state index contributed by atoms with van der Waals surface area (Å²) in [5.74, 6) is 0. The maximum absolute atomic E-state index is 12.0. The van der Waals surface area contributed by atoms with Crippen molar-refractivity contribution in [3.05, 3.63) is 11.8 Å². The standard InChI is InChI=1S/C7H8ClF3N2/c1-13-5(4-7(9,10)11)2-3-12-6(13)8/h2-3,6H,4H2,1H3. The predicted octanol–water partition coefficient (Wildman–Crippen LogP) is 2.36. The Balaban J connectivity index is 2.69. The van der Waals surface area contributed by atoms with Crippen molar-refractivity contribution < 1.29 is 13.2 Å². The van der Waals surface area contributed by atoms with Crippen molar-refractivity contribution in [3.8, 4) is 0 Å². The molecule has 13 heavy (non-hydrogen) atoms. The molecular formula is C7H8ClF3N2. The van der Waals surface area contributed by atoms with Gasteiger partial charge >= 0.3 is 6.18 Å². The van der Waals surface area contributed by atoms with Crippen LogP contribution in [0.15, 0.2) is 16.8 Å². The fourth-order valence-corrected chi connectivity index (χ4v) is 1.13. The fourth-order valence-electron chi connectivity index (χ4n) is 0.943. The van der Waals surface area contributed by atoms with E-state index >= 15 is 0 Å². The molecule has 1 unspecified atom stereocenters. The number of aliphatic imine (C=N–C) groups is 1. The van der Waals surface area contributed by atoms with Crippen LogP contribution in [0.3, 0.4) is 0 Å². The van der Waals surface area contributed by atoms with Gasteiger partial charge in [0.25, 0.3) is 0 Å². The third-order valence-electron chi connectivity index (χ3n) is 1.63. The lowest BCUT2D eigenvalue weighted by atomic mass is 10.2. The third-order valence-corrected chi connectivity index (χ3v) is 2.04. The van der Waals surface area contributed by atoms with Crippen LogP contribution in [-0.2, 0) is 0 Å². The fraction of sp³-hybridized carbons (Fsp3) is 0.571. The van der Waals surface area contributed by atoms with Crippen molar-refractivity contribution in [1.82, 2.24) is 4.90 Å². The first-order chi connectivity index (χ1) is 5.90. The van der Waals surface area contributed by atoms with Crippen molar-refractivity contribution in [2.24, 2.45) is 4.99 Å². The molecule has 0 radical (unpaired) electrons. The SMILES string of the molecule is CN1C(CC(F)(F)F)=CC=NC1Cl. The Morgan fingerprint density at radius 2 is 2.23 bits per heavy atom. The molecule has 6 heteroatoms. The molecule has 0 aromatic carbocycles. The molecule has 1 rings (SSSR count). The van der Waals surface area contributed by atoms with Gasteiger partial charge in [-0.3, -0.25) is 4.99 Å². The molecule has 0 saturated heterocycles. The molecule has 0 aromatic rings. The van der Waals surface area contributed by atoms with Gasteiger partial charge in [-0.1, -0.05) is 11.6 Å². The lowest BCUT2D eigenvalue weighted by Gasteiger charge is -2.27. The monoisotopic (exact) mass is 212 g/mol. The Bertz CT molecular complexity index is 247. The molecule has 0 aromatic heterocycles. The molecular weight excluding hydrogens is 205 g/mol. The van der Waals surface area contributed by atoms with Crippen LogP contribution < -0.4 is 0 Å².